The maximum Gasteiger partial charge on any atom is 0.278 e. The predicted molar refractivity (Wildman–Crippen MR) is 175 cm³/mol. The highest BCUT2D eigenvalue weighted by molar-refractivity contribution is 7.92. The lowest BCUT2D eigenvalue weighted by atomic mass is 9.91. The molecule has 10 nitrogen and oxygen atoms in total. The van der Waals surface area contributed by atoms with Crippen molar-refractivity contribution in [2.45, 2.75) is 70.5 Å². The molecule has 2 aromatic heterocycles. The molecule has 2 aliphatic rings. The second-order valence-corrected chi connectivity index (χ2v) is 14.6. The fraction of sp³-hybridized carbons (Fsp3) is 0.455. The van der Waals surface area contributed by atoms with Gasteiger partial charge in [-0.3, -0.25) is 14.1 Å². The van der Waals surface area contributed by atoms with E-state index in [9.17, 15) is 13.2 Å². The zero-order valence-electron chi connectivity index (χ0n) is 26.1. The van der Waals surface area contributed by atoms with E-state index < -0.39 is 21.4 Å². The second-order valence-electron chi connectivity index (χ2n) is 12.9. The molecule has 0 radical (unpaired) electrons. The molecule has 4 aromatic rings. The van der Waals surface area contributed by atoms with Gasteiger partial charge in [-0.1, -0.05) is 30.3 Å². The number of hydrogen-bond acceptors (Lipinski definition) is 8. The quantitative estimate of drug-likeness (QED) is 0.264. The van der Waals surface area contributed by atoms with Gasteiger partial charge in [0.25, 0.3) is 5.56 Å². The molecule has 2 aliphatic carbocycles. The molecule has 1 saturated carbocycles. The minimum absolute atomic E-state index is 0.0412. The number of nitrogens with one attached hydrogen (secondary N) is 2. The van der Waals surface area contributed by atoms with E-state index in [1.54, 1.807) is 10.8 Å². The Morgan fingerprint density at radius 1 is 1.02 bits per heavy atom. The second kappa shape index (κ2) is 12.5. The zero-order chi connectivity index (χ0) is 31.9. The van der Waals surface area contributed by atoms with Crippen LogP contribution in [0.3, 0.4) is 0 Å². The van der Waals surface area contributed by atoms with Crippen molar-refractivity contribution in [3.05, 3.63) is 76.0 Å². The minimum atomic E-state index is -3.81. The Bertz CT molecular complexity index is 1860. The molecule has 12 heteroatoms. The van der Waals surface area contributed by atoms with Crippen molar-refractivity contribution in [1.29, 1.82) is 0 Å². The van der Waals surface area contributed by atoms with Gasteiger partial charge in [0, 0.05) is 23.7 Å². The van der Waals surface area contributed by atoms with E-state index in [1.165, 1.54) is 12.1 Å². The lowest BCUT2D eigenvalue weighted by Crippen LogP contribution is -2.36. The van der Waals surface area contributed by atoms with Gasteiger partial charge in [0.2, 0.25) is 16.0 Å². The van der Waals surface area contributed by atoms with Crippen LogP contribution >= 0.6 is 0 Å². The summed E-state index contributed by atoms with van der Waals surface area (Å²) in [7, 11) is 0.411. The molecule has 6 rings (SSSR count). The maximum atomic E-state index is 15.3. The smallest absolute Gasteiger partial charge is 0.278 e. The van der Waals surface area contributed by atoms with Crippen LogP contribution < -0.4 is 15.6 Å². The van der Waals surface area contributed by atoms with E-state index in [0.717, 1.165) is 42.9 Å². The van der Waals surface area contributed by atoms with E-state index >= 15 is 4.39 Å². The average molecular weight is 634 g/mol. The molecule has 0 spiro atoms. The molecule has 0 amide bonds. The van der Waals surface area contributed by atoms with Crippen LogP contribution in [0.5, 0.6) is 0 Å². The number of anilines is 2. The fourth-order valence-corrected chi connectivity index (χ4v) is 8.13. The first-order chi connectivity index (χ1) is 21.5. The number of rotatable bonds is 9. The summed E-state index contributed by atoms with van der Waals surface area (Å²) in [5.41, 5.74) is 2.81. The predicted octanol–water partition coefficient (Wildman–Crippen LogP) is 5.01. The molecule has 2 heterocycles. The normalized spacial score (nSPS) is 18.9. The van der Waals surface area contributed by atoms with Crippen LogP contribution in [0.1, 0.15) is 56.7 Å². The van der Waals surface area contributed by atoms with Gasteiger partial charge in [-0.05, 0) is 95.6 Å². The van der Waals surface area contributed by atoms with Crippen LogP contribution in [-0.2, 0) is 22.9 Å². The highest BCUT2D eigenvalue weighted by Crippen LogP contribution is 2.29. The molecule has 45 heavy (non-hydrogen) atoms. The first-order valence-electron chi connectivity index (χ1n) is 15.6. The topological polar surface area (TPSA) is 122 Å². The summed E-state index contributed by atoms with van der Waals surface area (Å²) in [6.07, 6.45) is 7.12. The third kappa shape index (κ3) is 6.72. The lowest BCUT2D eigenvalue weighted by Gasteiger charge is -2.32. The largest absolute Gasteiger partial charge is 0.351 e. The van der Waals surface area contributed by atoms with Crippen molar-refractivity contribution in [2.75, 3.05) is 29.9 Å². The van der Waals surface area contributed by atoms with E-state index in [2.05, 4.69) is 44.0 Å². The summed E-state index contributed by atoms with van der Waals surface area (Å²) in [5, 5.41) is 3.43. The molecular weight excluding hydrogens is 593 g/mol. The Morgan fingerprint density at radius 3 is 2.33 bits per heavy atom. The van der Waals surface area contributed by atoms with Crippen molar-refractivity contribution in [3.8, 4) is 11.3 Å². The van der Waals surface area contributed by atoms with Crippen molar-refractivity contribution >= 4 is 32.8 Å². The Morgan fingerprint density at radius 2 is 1.71 bits per heavy atom. The number of hydrogen-bond donors (Lipinski definition) is 2. The molecule has 0 saturated heterocycles. The van der Waals surface area contributed by atoms with Crippen LogP contribution in [0, 0.1) is 11.7 Å². The van der Waals surface area contributed by atoms with E-state index in [1.807, 2.05) is 38.1 Å². The van der Waals surface area contributed by atoms with E-state index in [0.29, 0.717) is 36.0 Å². The third-order valence-electron chi connectivity index (χ3n) is 9.01. The van der Waals surface area contributed by atoms with Crippen LogP contribution in [0.25, 0.3) is 22.4 Å². The Hall–Kier alpha value is -3.90. The van der Waals surface area contributed by atoms with Crippen molar-refractivity contribution in [3.63, 3.8) is 0 Å². The van der Waals surface area contributed by atoms with E-state index in [-0.39, 0.29) is 40.7 Å². The minimum Gasteiger partial charge on any atom is -0.351 e. The van der Waals surface area contributed by atoms with Gasteiger partial charge in [0.15, 0.2) is 5.65 Å². The van der Waals surface area contributed by atoms with Gasteiger partial charge in [0.05, 0.1) is 17.6 Å². The van der Waals surface area contributed by atoms with Gasteiger partial charge >= 0.3 is 0 Å². The van der Waals surface area contributed by atoms with Gasteiger partial charge in [-0.2, -0.15) is 4.98 Å². The highest BCUT2D eigenvalue weighted by atomic mass is 32.2. The van der Waals surface area contributed by atoms with Gasteiger partial charge in [-0.25, -0.2) is 22.8 Å². The number of fused-ring (bicyclic) bond motifs is 2. The standard InChI is InChI=1S/C33H40FN7O3S/c1-20(2)41-31-29(18-35-33(38-31)36-25-10-12-26(13-11-25)40(3)4)37-30(32(41)42)24-9-14-28(27(34)17-24)39-45(43,44)19-21-15-22-7-5-6-8-23(22)16-21/h5-9,14,17-18,20-21,25-26,39H,10-13,15-16,19H2,1-4H3,(H,35,36,38)/t25-,26-. The van der Waals surface area contributed by atoms with Crippen LogP contribution in [0.15, 0.2) is 53.5 Å². The maximum absolute atomic E-state index is 15.3. The molecule has 0 aliphatic heterocycles. The van der Waals surface area contributed by atoms with Gasteiger partial charge in [-0.15, -0.1) is 0 Å². The molecule has 0 unspecified atom stereocenters. The van der Waals surface area contributed by atoms with Crippen molar-refractivity contribution in [2.24, 2.45) is 5.92 Å². The van der Waals surface area contributed by atoms with E-state index in [4.69, 9.17) is 0 Å². The molecule has 0 bridgehead atoms. The number of halogens is 1. The lowest BCUT2D eigenvalue weighted by molar-refractivity contribution is 0.221. The molecule has 2 aromatic carbocycles. The Labute approximate surface area is 263 Å². The zero-order valence-corrected chi connectivity index (χ0v) is 26.9. The monoisotopic (exact) mass is 633 g/mol. The summed E-state index contributed by atoms with van der Waals surface area (Å²) < 4.78 is 45.2. The summed E-state index contributed by atoms with van der Waals surface area (Å²) in [4.78, 5) is 29.7. The van der Waals surface area contributed by atoms with Crippen molar-refractivity contribution in [1.82, 2.24) is 24.4 Å². The Balaban J connectivity index is 1.21. The van der Waals surface area contributed by atoms with Gasteiger partial charge < -0.3 is 10.2 Å². The average Bonchev–Trinajstić information content (AvgIpc) is 3.39. The summed E-state index contributed by atoms with van der Waals surface area (Å²) in [5.74, 6) is -0.525. The molecule has 2 N–H and O–H groups in total. The van der Waals surface area contributed by atoms with Crippen LogP contribution in [-0.4, -0.2) is 64.8 Å². The highest BCUT2D eigenvalue weighted by Gasteiger charge is 2.27. The summed E-state index contributed by atoms with van der Waals surface area (Å²) in [6.45, 7) is 3.76. The molecule has 0 atom stereocenters. The molecular formula is C33H40FN7O3S. The van der Waals surface area contributed by atoms with Crippen LogP contribution in [0.2, 0.25) is 0 Å². The number of aromatic nitrogens is 4. The first kappa shape index (κ1) is 31.1. The fourth-order valence-electron chi connectivity index (χ4n) is 6.69. The Kier molecular flexibility index (Phi) is 8.62. The number of benzene rings is 2. The summed E-state index contributed by atoms with van der Waals surface area (Å²) >= 11 is 0. The molecule has 1 fully saturated rings. The third-order valence-corrected chi connectivity index (χ3v) is 10.4. The number of sulfonamides is 1. The number of nitrogens with zero attached hydrogens (tertiary/aromatic N) is 5. The van der Waals surface area contributed by atoms with Crippen molar-refractivity contribution < 1.29 is 12.8 Å². The summed E-state index contributed by atoms with van der Waals surface area (Å²) in [6, 6.07) is 12.5. The SMILES string of the molecule is CC(C)n1c(=O)c(-c2ccc(NS(=O)(=O)CC3Cc4ccccc4C3)c(F)c2)nc2cnc(N[C@H]3CC[C@H](N(C)C)CC3)nc21. The molecule has 238 valence electrons. The van der Waals surface area contributed by atoms with Crippen LogP contribution in [0.4, 0.5) is 16.0 Å². The first-order valence-corrected chi connectivity index (χ1v) is 17.2. The van der Waals surface area contributed by atoms with Gasteiger partial charge in [0.1, 0.15) is 17.0 Å².